The molecule has 0 saturated carbocycles. The number of anilines is 1. The van der Waals surface area contributed by atoms with Crippen LogP contribution in [0.25, 0.3) is 11.3 Å². The van der Waals surface area contributed by atoms with Gasteiger partial charge in [-0.3, -0.25) is 14.7 Å². The monoisotopic (exact) mass is 412 g/mol. The zero-order valence-corrected chi connectivity index (χ0v) is 17.9. The van der Waals surface area contributed by atoms with Crippen LogP contribution in [0.3, 0.4) is 0 Å². The van der Waals surface area contributed by atoms with Gasteiger partial charge in [-0.05, 0) is 32.8 Å². The predicted octanol–water partition coefficient (Wildman–Crippen LogP) is 2.33. The van der Waals surface area contributed by atoms with Gasteiger partial charge in [0.25, 0.3) is 0 Å². The Labute approximate surface area is 175 Å². The maximum Gasteiger partial charge on any atom is 0.310 e. The first-order chi connectivity index (χ1) is 14.2. The van der Waals surface area contributed by atoms with E-state index < -0.39 is 5.60 Å². The molecule has 2 fully saturated rings. The van der Waals surface area contributed by atoms with Crippen LogP contribution in [-0.4, -0.2) is 63.2 Å². The first kappa shape index (κ1) is 20.3. The molecule has 0 bridgehead atoms. The van der Waals surface area contributed by atoms with E-state index in [0.717, 1.165) is 29.8 Å². The predicted molar refractivity (Wildman–Crippen MR) is 111 cm³/mol. The highest BCUT2D eigenvalue weighted by Gasteiger charge is 2.43. The molecule has 0 aliphatic carbocycles. The number of rotatable bonds is 5. The summed E-state index contributed by atoms with van der Waals surface area (Å²) in [5.41, 5.74) is 2.00. The molecule has 2 aromatic heterocycles. The topological polar surface area (TPSA) is 104 Å². The lowest BCUT2D eigenvalue weighted by Gasteiger charge is -2.25. The van der Waals surface area contributed by atoms with Gasteiger partial charge in [0.05, 0.1) is 29.5 Å². The lowest BCUT2D eigenvalue weighted by molar-refractivity contribution is -0.150. The first-order valence-electron chi connectivity index (χ1n) is 10.3. The number of ether oxygens (including phenoxy) is 1. The van der Waals surface area contributed by atoms with E-state index in [2.05, 4.69) is 20.2 Å². The van der Waals surface area contributed by atoms with Crippen molar-refractivity contribution in [1.82, 2.24) is 25.1 Å². The van der Waals surface area contributed by atoms with E-state index in [9.17, 15) is 9.59 Å². The summed E-state index contributed by atoms with van der Waals surface area (Å²) in [5, 5.41) is 7.32. The minimum absolute atomic E-state index is 0.0191. The van der Waals surface area contributed by atoms with E-state index in [1.807, 2.05) is 43.8 Å². The molecular weight excluding hydrogens is 384 g/mol. The smallest absolute Gasteiger partial charge is 0.310 e. The van der Waals surface area contributed by atoms with Gasteiger partial charge in [-0.25, -0.2) is 9.97 Å². The van der Waals surface area contributed by atoms with Crippen LogP contribution in [0.2, 0.25) is 0 Å². The number of likely N-dealkylation sites (tertiary alicyclic amines) is 1. The highest BCUT2D eigenvalue weighted by molar-refractivity contribution is 5.85. The van der Waals surface area contributed by atoms with Gasteiger partial charge in [-0.15, -0.1) is 0 Å². The Morgan fingerprint density at radius 1 is 1.40 bits per heavy atom. The molecule has 2 aliphatic rings. The zero-order chi connectivity index (χ0) is 21.5. The van der Waals surface area contributed by atoms with Crippen molar-refractivity contribution < 1.29 is 14.3 Å². The third-order valence-electron chi connectivity index (χ3n) is 5.76. The lowest BCUT2D eigenvalue weighted by atomic mass is 9.94. The van der Waals surface area contributed by atoms with E-state index in [1.165, 1.54) is 0 Å². The summed E-state index contributed by atoms with van der Waals surface area (Å²) in [6, 6.07) is 1.73. The molecule has 0 aromatic carbocycles. The third-order valence-corrected chi connectivity index (χ3v) is 5.76. The summed E-state index contributed by atoms with van der Waals surface area (Å²) in [6.45, 7) is 4.43. The number of esters is 1. The van der Waals surface area contributed by atoms with Gasteiger partial charge < -0.3 is 14.5 Å². The van der Waals surface area contributed by atoms with Crippen molar-refractivity contribution in [1.29, 1.82) is 0 Å². The SMILES string of the molecule is CN(C)c1nccc(-c2cn[nH]c2[C@@H]2CCCN2C(=O)C[C@@H]2CC(C)(C)OC2=O)n1. The Bertz CT molecular complexity index is 954. The molecule has 4 rings (SSSR count). The number of nitrogens with one attached hydrogen (secondary N) is 1. The van der Waals surface area contributed by atoms with Crippen LogP contribution >= 0.6 is 0 Å². The molecule has 0 spiro atoms. The fraction of sp³-hybridized carbons (Fsp3) is 0.571. The van der Waals surface area contributed by atoms with Crippen LogP contribution in [0.4, 0.5) is 5.95 Å². The standard InChI is InChI=1S/C21H28N6O3/c1-21(2)11-13(19(29)30-21)10-17(28)27-9-5-6-16(27)18-14(12-23-25-18)15-7-8-22-20(24-15)26(3)4/h7-8,12-13,16H,5-6,9-11H2,1-4H3,(H,23,25)/t13-,16+/m1/s1. The third kappa shape index (κ3) is 3.88. The molecule has 160 valence electrons. The van der Waals surface area contributed by atoms with E-state index in [0.29, 0.717) is 18.9 Å². The minimum atomic E-state index is -0.500. The van der Waals surface area contributed by atoms with E-state index in [1.54, 1.807) is 12.4 Å². The molecule has 30 heavy (non-hydrogen) atoms. The number of cyclic esters (lactones) is 1. The van der Waals surface area contributed by atoms with Crippen molar-refractivity contribution in [3.8, 4) is 11.3 Å². The Balaban J connectivity index is 1.55. The summed E-state index contributed by atoms with van der Waals surface area (Å²) < 4.78 is 5.39. The molecule has 4 heterocycles. The second-order valence-electron chi connectivity index (χ2n) is 8.86. The van der Waals surface area contributed by atoms with Gasteiger partial charge in [-0.1, -0.05) is 0 Å². The van der Waals surface area contributed by atoms with E-state index in [-0.39, 0.29) is 30.3 Å². The van der Waals surface area contributed by atoms with Crippen LogP contribution in [0.1, 0.15) is 51.3 Å². The number of carbonyl (C=O) groups excluding carboxylic acids is 2. The van der Waals surface area contributed by atoms with Crippen molar-refractivity contribution in [2.75, 3.05) is 25.5 Å². The molecule has 2 saturated heterocycles. The zero-order valence-electron chi connectivity index (χ0n) is 17.9. The van der Waals surface area contributed by atoms with Crippen molar-refractivity contribution >= 4 is 17.8 Å². The summed E-state index contributed by atoms with van der Waals surface area (Å²) in [7, 11) is 3.78. The maximum absolute atomic E-state index is 13.1. The number of H-pyrrole nitrogens is 1. The highest BCUT2D eigenvalue weighted by Crippen LogP contribution is 2.38. The normalized spacial score (nSPS) is 22.9. The van der Waals surface area contributed by atoms with Gasteiger partial charge in [-0.2, -0.15) is 5.10 Å². The Morgan fingerprint density at radius 3 is 2.90 bits per heavy atom. The summed E-state index contributed by atoms with van der Waals surface area (Å²) in [5.74, 6) is -0.0567. The fourth-order valence-corrected chi connectivity index (χ4v) is 4.39. The Morgan fingerprint density at radius 2 is 2.20 bits per heavy atom. The number of aromatic nitrogens is 4. The van der Waals surface area contributed by atoms with Crippen molar-refractivity contribution in [2.45, 2.75) is 51.2 Å². The molecule has 1 N–H and O–H groups in total. The number of amides is 1. The molecule has 1 amide bonds. The lowest BCUT2D eigenvalue weighted by Crippen LogP contribution is -2.33. The molecule has 2 aliphatic heterocycles. The number of aromatic amines is 1. The van der Waals surface area contributed by atoms with Gasteiger partial charge in [0.2, 0.25) is 11.9 Å². The second kappa shape index (κ2) is 7.70. The number of hydrogen-bond acceptors (Lipinski definition) is 7. The highest BCUT2D eigenvalue weighted by atomic mass is 16.6. The van der Waals surface area contributed by atoms with Crippen LogP contribution < -0.4 is 4.90 Å². The number of hydrogen-bond donors (Lipinski definition) is 1. The first-order valence-corrected chi connectivity index (χ1v) is 10.3. The van der Waals surface area contributed by atoms with E-state index in [4.69, 9.17) is 4.74 Å². The number of carbonyl (C=O) groups is 2. The maximum atomic E-state index is 13.1. The summed E-state index contributed by atoms with van der Waals surface area (Å²) >= 11 is 0. The largest absolute Gasteiger partial charge is 0.459 e. The molecular formula is C21H28N6O3. The summed E-state index contributed by atoms with van der Waals surface area (Å²) in [6.07, 6.45) is 5.96. The minimum Gasteiger partial charge on any atom is -0.459 e. The quantitative estimate of drug-likeness (QED) is 0.752. The second-order valence-corrected chi connectivity index (χ2v) is 8.86. The molecule has 0 radical (unpaired) electrons. The summed E-state index contributed by atoms with van der Waals surface area (Å²) in [4.78, 5) is 37.9. The van der Waals surface area contributed by atoms with Gasteiger partial charge >= 0.3 is 5.97 Å². The van der Waals surface area contributed by atoms with E-state index >= 15 is 0 Å². The van der Waals surface area contributed by atoms with Crippen molar-refractivity contribution in [3.63, 3.8) is 0 Å². The van der Waals surface area contributed by atoms with Crippen LogP contribution in [0, 0.1) is 5.92 Å². The van der Waals surface area contributed by atoms with Gasteiger partial charge in [0.15, 0.2) is 0 Å². The van der Waals surface area contributed by atoms with Crippen LogP contribution in [-0.2, 0) is 14.3 Å². The molecule has 0 unspecified atom stereocenters. The molecule has 2 atom stereocenters. The Kier molecular flexibility index (Phi) is 5.21. The van der Waals surface area contributed by atoms with Crippen molar-refractivity contribution in [3.05, 3.63) is 24.2 Å². The number of nitrogens with zero attached hydrogens (tertiary/aromatic N) is 5. The molecule has 9 nitrogen and oxygen atoms in total. The fourth-order valence-electron chi connectivity index (χ4n) is 4.39. The van der Waals surface area contributed by atoms with Crippen LogP contribution in [0.5, 0.6) is 0 Å². The molecule has 2 aromatic rings. The van der Waals surface area contributed by atoms with Crippen molar-refractivity contribution in [2.24, 2.45) is 5.92 Å². The molecule has 9 heteroatoms. The average molecular weight is 412 g/mol. The average Bonchev–Trinajstić information content (AvgIpc) is 3.40. The van der Waals surface area contributed by atoms with Crippen LogP contribution in [0.15, 0.2) is 18.5 Å². The van der Waals surface area contributed by atoms with Gasteiger partial charge in [0.1, 0.15) is 5.60 Å². The van der Waals surface area contributed by atoms with Gasteiger partial charge in [0, 0.05) is 45.2 Å². The Hall–Kier alpha value is -2.97.